The first kappa shape index (κ1) is 15.8. The predicted molar refractivity (Wildman–Crippen MR) is 72.9 cm³/mol. The molecule has 0 aliphatic carbocycles. The molecular formula is C13H25N3O3. The molecule has 19 heavy (non-hydrogen) atoms. The first-order valence-corrected chi connectivity index (χ1v) is 7.03. The van der Waals surface area contributed by atoms with Crippen molar-refractivity contribution in [2.45, 2.75) is 45.8 Å². The van der Waals surface area contributed by atoms with E-state index in [-0.39, 0.29) is 18.0 Å². The SMILES string of the molecule is CCN(CC)C(=O)[C@H](C)NC(=O)NC[C@@H]1CCCO1. The summed E-state index contributed by atoms with van der Waals surface area (Å²) in [4.78, 5) is 25.3. The third-order valence-electron chi connectivity index (χ3n) is 3.31. The van der Waals surface area contributed by atoms with E-state index in [0.29, 0.717) is 19.6 Å². The maximum atomic E-state index is 12.0. The summed E-state index contributed by atoms with van der Waals surface area (Å²) in [5.74, 6) is -0.0581. The molecule has 110 valence electrons. The van der Waals surface area contributed by atoms with Gasteiger partial charge in [0.1, 0.15) is 6.04 Å². The Balaban J connectivity index is 2.28. The zero-order valence-corrected chi connectivity index (χ0v) is 12.1. The van der Waals surface area contributed by atoms with Gasteiger partial charge in [0, 0.05) is 26.2 Å². The van der Waals surface area contributed by atoms with E-state index in [1.807, 2.05) is 13.8 Å². The third-order valence-corrected chi connectivity index (χ3v) is 3.31. The molecule has 0 bridgehead atoms. The minimum absolute atomic E-state index is 0.0581. The molecule has 0 radical (unpaired) electrons. The quantitative estimate of drug-likeness (QED) is 0.748. The van der Waals surface area contributed by atoms with Crippen LogP contribution in [0.4, 0.5) is 4.79 Å². The maximum absolute atomic E-state index is 12.0. The van der Waals surface area contributed by atoms with Gasteiger partial charge in [0.25, 0.3) is 0 Å². The van der Waals surface area contributed by atoms with Gasteiger partial charge in [0.2, 0.25) is 5.91 Å². The van der Waals surface area contributed by atoms with Crippen LogP contribution >= 0.6 is 0 Å². The topological polar surface area (TPSA) is 70.7 Å². The summed E-state index contributed by atoms with van der Waals surface area (Å²) in [5, 5.41) is 5.40. The molecule has 2 N–H and O–H groups in total. The van der Waals surface area contributed by atoms with E-state index in [2.05, 4.69) is 10.6 Å². The number of rotatable bonds is 6. The molecule has 0 unspecified atom stereocenters. The van der Waals surface area contributed by atoms with Crippen molar-refractivity contribution in [2.24, 2.45) is 0 Å². The van der Waals surface area contributed by atoms with E-state index in [1.54, 1.807) is 11.8 Å². The summed E-state index contributed by atoms with van der Waals surface area (Å²) in [7, 11) is 0. The number of urea groups is 1. The number of amides is 3. The average molecular weight is 271 g/mol. The lowest BCUT2D eigenvalue weighted by atomic mass is 10.2. The van der Waals surface area contributed by atoms with Gasteiger partial charge in [-0.2, -0.15) is 0 Å². The van der Waals surface area contributed by atoms with Gasteiger partial charge in [-0.1, -0.05) is 0 Å². The fraction of sp³-hybridized carbons (Fsp3) is 0.846. The smallest absolute Gasteiger partial charge is 0.315 e. The Morgan fingerprint density at radius 3 is 2.58 bits per heavy atom. The van der Waals surface area contributed by atoms with Crippen LogP contribution in [0.2, 0.25) is 0 Å². The molecule has 1 saturated heterocycles. The monoisotopic (exact) mass is 271 g/mol. The number of carbonyl (C=O) groups is 2. The standard InChI is InChI=1S/C13H25N3O3/c1-4-16(5-2)12(17)10(3)15-13(18)14-9-11-7-6-8-19-11/h10-11H,4-9H2,1-3H3,(H2,14,15,18)/t10-,11-/m0/s1. The number of nitrogens with one attached hydrogen (secondary N) is 2. The molecule has 1 fully saturated rings. The summed E-state index contributed by atoms with van der Waals surface area (Å²) < 4.78 is 5.41. The number of hydrogen-bond donors (Lipinski definition) is 2. The third kappa shape index (κ3) is 5.06. The van der Waals surface area contributed by atoms with Crippen molar-refractivity contribution in [1.29, 1.82) is 0 Å². The second-order valence-corrected chi connectivity index (χ2v) is 4.72. The van der Waals surface area contributed by atoms with Crippen LogP contribution in [0.15, 0.2) is 0 Å². The van der Waals surface area contributed by atoms with Crippen LogP contribution in [-0.4, -0.2) is 55.2 Å². The van der Waals surface area contributed by atoms with E-state index in [0.717, 1.165) is 19.4 Å². The highest BCUT2D eigenvalue weighted by molar-refractivity contribution is 5.86. The minimum atomic E-state index is -0.510. The number of hydrogen-bond acceptors (Lipinski definition) is 3. The lowest BCUT2D eigenvalue weighted by Gasteiger charge is -2.23. The molecule has 6 heteroatoms. The van der Waals surface area contributed by atoms with Crippen molar-refractivity contribution in [2.75, 3.05) is 26.2 Å². The highest BCUT2D eigenvalue weighted by atomic mass is 16.5. The lowest BCUT2D eigenvalue weighted by molar-refractivity contribution is -0.132. The van der Waals surface area contributed by atoms with E-state index >= 15 is 0 Å². The number of likely N-dealkylation sites (N-methyl/N-ethyl adjacent to an activating group) is 1. The molecule has 0 aromatic rings. The molecule has 1 aliphatic heterocycles. The first-order chi connectivity index (χ1) is 9.08. The molecule has 0 spiro atoms. The normalized spacial score (nSPS) is 19.8. The van der Waals surface area contributed by atoms with Crippen LogP contribution < -0.4 is 10.6 Å². The highest BCUT2D eigenvalue weighted by Gasteiger charge is 2.21. The van der Waals surface area contributed by atoms with Crippen molar-refractivity contribution < 1.29 is 14.3 Å². The summed E-state index contributed by atoms with van der Waals surface area (Å²) in [6, 6.07) is -0.826. The van der Waals surface area contributed by atoms with E-state index in [9.17, 15) is 9.59 Å². The predicted octanol–water partition coefficient (Wildman–Crippen LogP) is 0.722. The molecule has 2 atom stereocenters. The Bertz CT molecular complexity index is 300. The lowest BCUT2D eigenvalue weighted by Crippen LogP contribution is -2.50. The number of ether oxygens (including phenoxy) is 1. The van der Waals surface area contributed by atoms with Crippen molar-refractivity contribution in [3.63, 3.8) is 0 Å². The van der Waals surface area contributed by atoms with Crippen LogP contribution in [-0.2, 0) is 9.53 Å². The van der Waals surface area contributed by atoms with Crippen LogP contribution in [0.3, 0.4) is 0 Å². The minimum Gasteiger partial charge on any atom is -0.376 e. The van der Waals surface area contributed by atoms with Crippen molar-refractivity contribution in [3.8, 4) is 0 Å². The second kappa shape index (κ2) is 7.99. The van der Waals surface area contributed by atoms with Crippen LogP contribution in [0.5, 0.6) is 0 Å². The number of carbonyl (C=O) groups excluding carboxylic acids is 2. The molecule has 1 rings (SSSR count). The van der Waals surface area contributed by atoms with Gasteiger partial charge < -0.3 is 20.3 Å². The summed E-state index contributed by atoms with van der Waals surface area (Å²) in [6.45, 7) is 8.12. The average Bonchev–Trinajstić information content (AvgIpc) is 2.90. The van der Waals surface area contributed by atoms with Gasteiger partial charge in [-0.05, 0) is 33.6 Å². The van der Waals surface area contributed by atoms with E-state index in [4.69, 9.17) is 4.74 Å². The number of nitrogens with zero attached hydrogens (tertiary/aromatic N) is 1. The Labute approximate surface area is 114 Å². The van der Waals surface area contributed by atoms with Gasteiger partial charge in [0.05, 0.1) is 6.10 Å². The van der Waals surface area contributed by atoms with Crippen molar-refractivity contribution in [3.05, 3.63) is 0 Å². The fourth-order valence-electron chi connectivity index (χ4n) is 2.13. The van der Waals surface area contributed by atoms with Gasteiger partial charge in [-0.3, -0.25) is 4.79 Å². The van der Waals surface area contributed by atoms with Crippen molar-refractivity contribution in [1.82, 2.24) is 15.5 Å². The molecule has 6 nitrogen and oxygen atoms in total. The van der Waals surface area contributed by atoms with Gasteiger partial charge in [-0.25, -0.2) is 4.79 Å². The Morgan fingerprint density at radius 1 is 1.37 bits per heavy atom. The molecule has 3 amide bonds. The van der Waals surface area contributed by atoms with E-state index in [1.165, 1.54) is 0 Å². The molecular weight excluding hydrogens is 246 g/mol. The van der Waals surface area contributed by atoms with E-state index < -0.39 is 6.04 Å². The summed E-state index contributed by atoms with van der Waals surface area (Å²) in [6.07, 6.45) is 2.14. The fourth-order valence-corrected chi connectivity index (χ4v) is 2.13. The van der Waals surface area contributed by atoms with Crippen LogP contribution in [0.25, 0.3) is 0 Å². The largest absolute Gasteiger partial charge is 0.376 e. The first-order valence-electron chi connectivity index (χ1n) is 7.03. The van der Waals surface area contributed by atoms with Crippen molar-refractivity contribution >= 4 is 11.9 Å². The zero-order valence-electron chi connectivity index (χ0n) is 12.1. The molecule has 0 aromatic heterocycles. The summed E-state index contributed by atoms with van der Waals surface area (Å²) >= 11 is 0. The summed E-state index contributed by atoms with van der Waals surface area (Å²) in [5.41, 5.74) is 0. The Morgan fingerprint density at radius 2 is 2.05 bits per heavy atom. The zero-order chi connectivity index (χ0) is 14.3. The Hall–Kier alpha value is -1.30. The van der Waals surface area contributed by atoms with Crippen LogP contribution in [0.1, 0.15) is 33.6 Å². The highest BCUT2D eigenvalue weighted by Crippen LogP contribution is 2.10. The molecule has 1 aliphatic rings. The van der Waals surface area contributed by atoms with Crippen LogP contribution in [0, 0.1) is 0 Å². The molecule has 0 saturated carbocycles. The van der Waals surface area contributed by atoms with Gasteiger partial charge in [-0.15, -0.1) is 0 Å². The second-order valence-electron chi connectivity index (χ2n) is 4.72. The Kier molecular flexibility index (Phi) is 6.62. The van der Waals surface area contributed by atoms with Gasteiger partial charge in [0.15, 0.2) is 0 Å². The van der Waals surface area contributed by atoms with Gasteiger partial charge >= 0.3 is 6.03 Å². The molecule has 1 heterocycles. The maximum Gasteiger partial charge on any atom is 0.315 e. The molecule has 0 aromatic carbocycles.